The van der Waals surface area contributed by atoms with Crippen molar-refractivity contribution in [2.75, 3.05) is 5.84 Å². The predicted molar refractivity (Wildman–Crippen MR) is 28.0 cm³/mol. The van der Waals surface area contributed by atoms with E-state index in [2.05, 4.69) is 10.9 Å². The van der Waals surface area contributed by atoms with Crippen LogP contribution in [0.15, 0.2) is 4.79 Å². The van der Waals surface area contributed by atoms with Gasteiger partial charge in [-0.1, -0.05) is 0 Å². The number of hydrogen-bond acceptors (Lipinski definition) is 3. The second-order valence-electron chi connectivity index (χ2n) is 1.72. The van der Waals surface area contributed by atoms with E-state index in [1.54, 1.807) is 5.10 Å². The van der Waals surface area contributed by atoms with Gasteiger partial charge in [-0.2, -0.15) is 17.8 Å². The summed E-state index contributed by atoms with van der Waals surface area (Å²) in [7, 11) is 0. The Balaban J connectivity index is 3.26. The minimum absolute atomic E-state index is 0.0972. The van der Waals surface area contributed by atoms with Crippen molar-refractivity contribution in [2.24, 2.45) is 0 Å². The van der Waals surface area contributed by atoms with Crippen LogP contribution in [0.3, 0.4) is 0 Å². The van der Waals surface area contributed by atoms with Gasteiger partial charge in [0.05, 0.1) is 0 Å². The van der Waals surface area contributed by atoms with Crippen LogP contribution in [0, 0.1) is 0 Å². The zero-order valence-electron chi connectivity index (χ0n) is 5.01. The molecule has 0 saturated heterocycles. The Bertz CT molecular complexity index is 309. The Kier molecular flexibility index (Phi) is 1.39. The van der Waals surface area contributed by atoms with Crippen LogP contribution >= 0.6 is 0 Å². The van der Waals surface area contributed by atoms with Crippen LogP contribution in [-0.2, 0) is 6.18 Å². The first-order chi connectivity index (χ1) is 4.93. The number of halogens is 3. The fourth-order valence-electron chi connectivity index (χ4n) is 0.505. The van der Waals surface area contributed by atoms with Gasteiger partial charge in [0.2, 0.25) is 0 Å². The molecule has 0 aliphatic carbocycles. The summed E-state index contributed by atoms with van der Waals surface area (Å²) >= 11 is 0. The molecule has 0 amide bonds. The molecule has 0 unspecified atom stereocenters. The SMILES string of the molecule is Nn1c(C(F)(F)F)n[nH]c1=O. The maximum absolute atomic E-state index is 11.7. The van der Waals surface area contributed by atoms with Crippen LogP contribution in [-0.4, -0.2) is 14.9 Å². The lowest BCUT2D eigenvalue weighted by Gasteiger charge is -2.01. The van der Waals surface area contributed by atoms with Crippen molar-refractivity contribution in [3.8, 4) is 0 Å². The standard InChI is InChI=1S/C3H3F3N4O/c4-3(5,6)1-8-9-2(11)10(1)7/h7H2,(H,9,11). The molecule has 0 aromatic carbocycles. The molecule has 8 heteroatoms. The number of aromatic amines is 1. The van der Waals surface area contributed by atoms with Crippen molar-refractivity contribution in [3.63, 3.8) is 0 Å². The van der Waals surface area contributed by atoms with Crippen LogP contribution in [0.4, 0.5) is 13.2 Å². The third kappa shape index (κ3) is 1.18. The summed E-state index contributed by atoms with van der Waals surface area (Å²) in [6.07, 6.45) is -4.70. The average molecular weight is 168 g/mol. The monoisotopic (exact) mass is 168 g/mol. The topological polar surface area (TPSA) is 76.7 Å². The fourth-order valence-corrected chi connectivity index (χ4v) is 0.505. The molecule has 0 aliphatic rings. The summed E-state index contributed by atoms with van der Waals surface area (Å²) in [6.45, 7) is 0. The number of nitrogens with one attached hydrogen (secondary N) is 1. The zero-order chi connectivity index (χ0) is 8.65. The van der Waals surface area contributed by atoms with E-state index in [9.17, 15) is 18.0 Å². The molecule has 1 rings (SSSR count). The van der Waals surface area contributed by atoms with Crippen molar-refractivity contribution in [1.29, 1.82) is 0 Å². The smallest absolute Gasteiger partial charge is 0.333 e. The highest BCUT2D eigenvalue weighted by atomic mass is 19.4. The molecule has 0 aliphatic heterocycles. The Labute approximate surface area is 57.6 Å². The molecular formula is C3H3F3N4O. The molecule has 1 heterocycles. The number of hydrogen-bond donors (Lipinski definition) is 2. The van der Waals surface area contributed by atoms with Gasteiger partial charge in [-0.3, -0.25) is 0 Å². The van der Waals surface area contributed by atoms with Crippen molar-refractivity contribution < 1.29 is 13.2 Å². The lowest BCUT2D eigenvalue weighted by molar-refractivity contribution is -0.146. The van der Waals surface area contributed by atoms with E-state index in [4.69, 9.17) is 0 Å². The van der Waals surface area contributed by atoms with E-state index in [0.29, 0.717) is 0 Å². The minimum Gasteiger partial charge on any atom is -0.333 e. The zero-order valence-corrected chi connectivity index (χ0v) is 5.01. The van der Waals surface area contributed by atoms with Crippen molar-refractivity contribution in [1.82, 2.24) is 14.9 Å². The van der Waals surface area contributed by atoms with Crippen LogP contribution in [0.25, 0.3) is 0 Å². The first-order valence-electron chi connectivity index (χ1n) is 2.42. The van der Waals surface area contributed by atoms with Gasteiger partial charge < -0.3 is 5.84 Å². The maximum Gasteiger partial charge on any atom is 0.453 e. The first kappa shape index (κ1) is 7.63. The molecule has 62 valence electrons. The van der Waals surface area contributed by atoms with Crippen LogP contribution < -0.4 is 11.5 Å². The number of H-pyrrole nitrogens is 1. The average Bonchev–Trinajstić information content (AvgIpc) is 2.11. The summed E-state index contributed by atoms with van der Waals surface area (Å²) in [6, 6.07) is 0. The van der Waals surface area contributed by atoms with E-state index < -0.39 is 17.7 Å². The summed E-state index contributed by atoms with van der Waals surface area (Å²) in [4.78, 5) is 10.3. The van der Waals surface area contributed by atoms with Crippen LogP contribution in [0.2, 0.25) is 0 Å². The van der Waals surface area contributed by atoms with Gasteiger partial charge in [-0.05, 0) is 0 Å². The van der Waals surface area contributed by atoms with E-state index in [1.807, 2.05) is 0 Å². The summed E-state index contributed by atoms with van der Waals surface area (Å²) in [5, 5.41) is 4.22. The van der Waals surface area contributed by atoms with Gasteiger partial charge in [0.25, 0.3) is 5.82 Å². The van der Waals surface area contributed by atoms with Crippen molar-refractivity contribution in [3.05, 3.63) is 16.3 Å². The molecule has 0 fully saturated rings. The largest absolute Gasteiger partial charge is 0.453 e. The molecular weight excluding hydrogens is 165 g/mol. The van der Waals surface area contributed by atoms with Crippen molar-refractivity contribution in [2.45, 2.75) is 6.18 Å². The van der Waals surface area contributed by atoms with Gasteiger partial charge >= 0.3 is 11.9 Å². The molecule has 0 bridgehead atoms. The van der Waals surface area contributed by atoms with Gasteiger partial charge in [0.1, 0.15) is 0 Å². The highest BCUT2D eigenvalue weighted by molar-refractivity contribution is 4.90. The van der Waals surface area contributed by atoms with Gasteiger partial charge in [-0.25, -0.2) is 9.89 Å². The lowest BCUT2D eigenvalue weighted by Crippen LogP contribution is -2.29. The molecule has 0 atom stereocenters. The van der Waals surface area contributed by atoms with Crippen molar-refractivity contribution >= 4 is 0 Å². The number of aromatic nitrogens is 3. The molecule has 0 radical (unpaired) electrons. The Morgan fingerprint density at radius 1 is 1.55 bits per heavy atom. The quantitative estimate of drug-likeness (QED) is 0.503. The number of nitrogen functional groups attached to an aromatic ring is 1. The summed E-state index contributed by atoms with van der Waals surface area (Å²) < 4.78 is 35.1. The molecule has 1 aromatic rings. The Morgan fingerprint density at radius 2 is 2.09 bits per heavy atom. The highest BCUT2D eigenvalue weighted by Gasteiger charge is 2.37. The van der Waals surface area contributed by atoms with Crippen LogP contribution in [0.1, 0.15) is 5.82 Å². The van der Waals surface area contributed by atoms with Crippen LogP contribution in [0.5, 0.6) is 0 Å². The summed E-state index contributed by atoms with van der Waals surface area (Å²) in [5.74, 6) is 3.24. The molecule has 1 aromatic heterocycles. The molecule has 3 N–H and O–H groups in total. The molecule has 0 saturated carbocycles. The second-order valence-corrected chi connectivity index (χ2v) is 1.72. The molecule has 0 spiro atoms. The van der Waals surface area contributed by atoms with Gasteiger partial charge in [0, 0.05) is 0 Å². The van der Waals surface area contributed by atoms with E-state index in [-0.39, 0.29) is 4.68 Å². The number of nitrogens with two attached hydrogens (primary N) is 1. The normalized spacial score (nSPS) is 11.9. The lowest BCUT2D eigenvalue weighted by atomic mass is 10.6. The number of nitrogens with zero attached hydrogens (tertiary/aromatic N) is 2. The maximum atomic E-state index is 11.7. The highest BCUT2D eigenvalue weighted by Crippen LogP contribution is 2.24. The third-order valence-corrected chi connectivity index (χ3v) is 0.958. The first-order valence-corrected chi connectivity index (χ1v) is 2.42. The van der Waals surface area contributed by atoms with E-state index >= 15 is 0 Å². The Morgan fingerprint density at radius 3 is 2.27 bits per heavy atom. The predicted octanol–water partition coefficient (Wildman–Crippen LogP) is -0.696. The number of alkyl halides is 3. The number of rotatable bonds is 0. The van der Waals surface area contributed by atoms with Gasteiger partial charge in [0.15, 0.2) is 0 Å². The molecule has 11 heavy (non-hydrogen) atoms. The van der Waals surface area contributed by atoms with E-state index in [0.717, 1.165) is 0 Å². The Hall–Kier alpha value is -1.47. The second kappa shape index (κ2) is 2.01. The summed E-state index contributed by atoms with van der Waals surface area (Å²) in [5.41, 5.74) is -1.10. The van der Waals surface area contributed by atoms with Gasteiger partial charge in [-0.15, -0.1) is 5.10 Å². The minimum atomic E-state index is -4.70. The third-order valence-electron chi connectivity index (χ3n) is 0.958. The molecule has 5 nitrogen and oxygen atoms in total. The fraction of sp³-hybridized carbons (Fsp3) is 0.333. The van der Waals surface area contributed by atoms with E-state index in [1.165, 1.54) is 0 Å².